The van der Waals surface area contributed by atoms with Crippen molar-refractivity contribution in [2.24, 2.45) is 5.92 Å². The first-order valence-electron chi connectivity index (χ1n) is 8.99. The van der Waals surface area contributed by atoms with E-state index in [1.807, 2.05) is 35.2 Å². The van der Waals surface area contributed by atoms with E-state index in [-0.39, 0.29) is 5.91 Å². The monoisotopic (exact) mass is 331 g/mol. The molecule has 0 aromatic heterocycles. The Morgan fingerprint density at radius 1 is 1.17 bits per heavy atom. The lowest BCUT2D eigenvalue weighted by Gasteiger charge is -2.39. The lowest BCUT2D eigenvalue weighted by molar-refractivity contribution is -0.130. The number of piperazine rings is 1. The van der Waals surface area contributed by atoms with Crippen LogP contribution in [0.5, 0.6) is 0 Å². The Morgan fingerprint density at radius 3 is 2.46 bits per heavy atom. The van der Waals surface area contributed by atoms with Crippen molar-refractivity contribution in [2.75, 3.05) is 45.8 Å². The normalized spacial score (nSPS) is 27.4. The molecule has 24 heavy (non-hydrogen) atoms. The lowest BCUT2D eigenvalue weighted by Crippen LogP contribution is -2.53. The Bertz CT molecular complexity index is 543. The third kappa shape index (κ3) is 3.97. The average molecular weight is 331 g/mol. The molecule has 2 aliphatic heterocycles. The van der Waals surface area contributed by atoms with Crippen molar-refractivity contribution in [1.29, 1.82) is 0 Å². The molecule has 3 rings (SSSR count). The molecule has 2 fully saturated rings. The molecule has 2 saturated heterocycles. The summed E-state index contributed by atoms with van der Waals surface area (Å²) in [6, 6.07) is 10.4. The molecule has 1 N–H and O–H groups in total. The molecular formula is C19H29N3O2. The second kappa shape index (κ2) is 7.64. The largest absolute Gasteiger partial charge is 0.387 e. The topological polar surface area (TPSA) is 47.0 Å². The van der Waals surface area contributed by atoms with Crippen LogP contribution in [-0.4, -0.2) is 77.6 Å². The van der Waals surface area contributed by atoms with Gasteiger partial charge in [-0.15, -0.1) is 0 Å². The number of rotatable bonds is 4. The standard InChI is InChI=1S/C19H29N3O2/c1-15-12-20(14-19(24)17-6-4-3-5-7-17)13-18(15)22-10-8-21(9-11-22)16(2)23/h3-7,15,18-19,24H,8-14H2,1-2H3. The maximum Gasteiger partial charge on any atom is 0.219 e. The molecule has 2 aliphatic rings. The quantitative estimate of drug-likeness (QED) is 0.901. The van der Waals surface area contributed by atoms with Crippen LogP contribution in [0.15, 0.2) is 30.3 Å². The van der Waals surface area contributed by atoms with Gasteiger partial charge in [-0.25, -0.2) is 0 Å². The van der Waals surface area contributed by atoms with Gasteiger partial charge in [-0.2, -0.15) is 0 Å². The van der Waals surface area contributed by atoms with Gasteiger partial charge < -0.3 is 10.0 Å². The Labute approximate surface area is 144 Å². The predicted molar refractivity (Wildman–Crippen MR) is 94.6 cm³/mol. The van der Waals surface area contributed by atoms with Crippen molar-refractivity contribution in [3.63, 3.8) is 0 Å². The van der Waals surface area contributed by atoms with Gasteiger partial charge in [-0.1, -0.05) is 37.3 Å². The number of β-amino-alcohol motifs (C(OH)–C–C–N with tert-alkyl or cyclic N) is 1. The van der Waals surface area contributed by atoms with E-state index < -0.39 is 6.10 Å². The molecule has 3 atom stereocenters. The van der Waals surface area contributed by atoms with E-state index in [1.165, 1.54) is 0 Å². The SMILES string of the molecule is CC(=O)N1CCN(C2CN(CC(O)c3ccccc3)CC2C)CC1. The number of benzene rings is 1. The summed E-state index contributed by atoms with van der Waals surface area (Å²) >= 11 is 0. The molecule has 0 spiro atoms. The minimum absolute atomic E-state index is 0.182. The number of aliphatic hydroxyl groups excluding tert-OH is 1. The van der Waals surface area contributed by atoms with Gasteiger partial charge in [0, 0.05) is 58.8 Å². The first kappa shape index (κ1) is 17.4. The van der Waals surface area contributed by atoms with Gasteiger partial charge in [0.2, 0.25) is 5.91 Å². The summed E-state index contributed by atoms with van der Waals surface area (Å²) < 4.78 is 0. The van der Waals surface area contributed by atoms with E-state index in [0.717, 1.165) is 44.8 Å². The van der Waals surface area contributed by atoms with Gasteiger partial charge in [-0.05, 0) is 11.5 Å². The summed E-state index contributed by atoms with van der Waals surface area (Å²) in [4.78, 5) is 18.3. The third-order valence-electron chi connectivity index (χ3n) is 5.49. The van der Waals surface area contributed by atoms with Crippen molar-refractivity contribution < 1.29 is 9.90 Å². The fourth-order valence-corrected chi connectivity index (χ4v) is 4.07. The van der Waals surface area contributed by atoms with Crippen LogP contribution in [-0.2, 0) is 4.79 Å². The van der Waals surface area contributed by atoms with Crippen molar-refractivity contribution in [2.45, 2.75) is 26.0 Å². The van der Waals surface area contributed by atoms with Gasteiger partial charge in [0.05, 0.1) is 6.10 Å². The van der Waals surface area contributed by atoms with Gasteiger partial charge in [0.15, 0.2) is 0 Å². The molecule has 0 radical (unpaired) electrons. The Hall–Kier alpha value is -1.43. The van der Waals surface area contributed by atoms with Crippen LogP contribution >= 0.6 is 0 Å². The van der Waals surface area contributed by atoms with Crippen molar-refractivity contribution in [3.05, 3.63) is 35.9 Å². The van der Waals surface area contributed by atoms with Crippen LogP contribution in [0, 0.1) is 5.92 Å². The highest BCUT2D eigenvalue weighted by atomic mass is 16.3. The zero-order valence-electron chi connectivity index (χ0n) is 14.8. The van der Waals surface area contributed by atoms with Crippen LogP contribution < -0.4 is 0 Å². The molecule has 1 amide bonds. The summed E-state index contributed by atoms with van der Waals surface area (Å²) in [5.74, 6) is 0.776. The number of carbonyl (C=O) groups is 1. The maximum atomic E-state index is 11.5. The summed E-state index contributed by atoms with van der Waals surface area (Å²) in [5, 5.41) is 10.5. The van der Waals surface area contributed by atoms with Crippen LogP contribution in [0.2, 0.25) is 0 Å². The highest BCUT2D eigenvalue weighted by Gasteiger charge is 2.36. The van der Waals surface area contributed by atoms with Crippen molar-refractivity contribution >= 4 is 5.91 Å². The fraction of sp³-hybridized carbons (Fsp3) is 0.632. The molecule has 5 heteroatoms. The van der Waals surface area contributed by atoms with Crippen molar-refractivity contribution in [3.8, 4) is 0 Å². The van der Waals surface area contributed by atoms with Crippen LogP contribution in [0.4, 0.5) is 0 Å². The van der Waals surface area contributed by atoms with Gasteiger partial charge in [0.1, 0.15) is 0 Å². The Kier molecular flexibility index (Phi) is 5.54. The number of carbonyl (C=O) groups excluding carboxylic acids is 1. The first-order valence-corrected chi connectivity index (χ1v) is 8.99. The summed E-state index contributed by atoms with van der Waals surface area (Å²) in [6.07, 6.45) is -0.424. The van der Waals surface area contributed by atoms with E-state index in [9.17, 15) is 9.90 Å². The number of hydrogen-bond donors (Lipinski definition) is 1. The highest BCUT2D eigenvalue weighted by molar-refractivity contribution is 5.73. The van der Waals surface area contributed by atoms with E-state index >= 15 is 0 Å². The Balaban J connectivity index is 1.52. The third-order valence-corrected chi connectivity index (χ3v) is 5.49. The van der Waals surface area contributed by atoms with Crippen molar-refractivity contribution in [1.82, 2.24) is 14.7 Å². The van der Waals surface area contributed by atoms with Crippen LogP contribution in [0.3, 0.4) is 0 Å². The van der Waals surface area contributed by atoms with E-state index in [1.54, 1.807) is 6.92 Å². The fourth-order valence-electron chi connectivity index (χ4n) is 4.07. The molecule has 1 aromatic carbocycles. The minimum Gasteiger partial charge on any atom is -0.387 e. The molecule has 0 bridgehead atoms. The molecule has 5 nitrogen and oxygen atoms in total. The Morgan fingerprint density at radius 2 is 1.83 bits per heavy atom. The van der Waals surface area contributed by atoms with Gasteiger partial charge >= 0.3 is 0 Å². The number of nitrogens with zero attached hydrogens (tertiary/aromatic N) is 3. The number of likely N-dealkylation sites (tertiary alicyclic amines) is 1. The first-order chi connectivity index (χ1) is 11.5. The zero-order valence-corrected chi connectivity index (χ0v) is 14.8. The summed E-state index contributed by atoms with van der Waals surface area (Å²) in [5.41, 5.74) is 0.990. The smallest absolute Gasteiger partial charge is 0.219 e. The summed E-state index contributed by atoms with van der Waals surface area (Å²) in [7, 11) is 0. The van der Waals surface area contributed by atoms with E-state index in [0.29, 0.717) is 18.5 Å². The average Bonchev–Trinajstić information content (AvgIpc) is 2.96. The zero-order chi connectivity index (χ0) is 17.1. The van der Waals surface area contributed by atoms with Crippen LogP contribution in [0.1, 0.15) is 25.5 Å². The predicted octanol–water partition coefficient (Wildman–Crippen LogP) is 1.20. The van der Waals surface area contributed by atoms with Crippen LogP contribution in [0.25, 0.3) is 0 Å². The summed E-state index contributed by atoms with van der Waals surface area (Å²) in [6.45, 7) is 10.3. The second-order valence-electron chi connectivity index (χ2n) is 7.23. The van der Waals surface area contributed by atoms with E-state index in [4.69, 9.17) is 0 Å². The maximum absolute atomic E-state index is 11.5. The highest BCUT2D eigenvalue weighted by Crippen LogP contribution is 2.25. The number of amides is 1. The molecular weight excluding hydrogens is 302 g/mol. The molecule has 3 unspecified atom stereocenters. The van der Waals surface area contributed by atoms with Gasteiger partial charge in [-0.3, -0.25) is 14.6 Å². The minimum atomic E-state index is -0.424. The molecule has 2 heterocycles. The van der Waals surface area contributed by atoms with Gasteiger partial charge in [0.25, 0.3) is 0 Å². The molecule has 1 aromatic rings. The molecule has 132 valence electrons. The lowest BCUT2D eigenvalue weighted by atomic mass is 10.0. The number of hydrogen-bond acceptors (Lipinski definition) is 4. The molecule has 0 aliphatic carbocycles. The molecule has 0 saturated carbocycles. The number of aliphatic hydroxyl groups is 1. The van der Waals surface area contributed by atoms with E-state index in [2.05, 4.69) is 16.7 Å². The second-order valence-corrected chi connectivity index (χ2v) is 7.23.